The Morgan fingerprint density at radius 3 is 1.69 bits per heavy atom. The summed E-state index contributed by atoms with van der Waals surface area (Å²) in [6.07, 6.45) is -0.122. The van der Waals surface area contributed by atoms with Crippen molar-refractivity contribution in [1.82, 2.24) is 21.0 Å². The van der Waals surface area contributed by atoms with Crippen molar-refractivity contribution in [2.45, 2.75) is 90.1 Å². The van der Waals surface area contributed by atoms with Crippen molar-refractivity contribution in [3.8, 4) is 0 Å². The molecule has 0 saturated carbocycles. The SMILES string of the molecule is CC[C@H](C)[C@H](NCC(=O)[C@H](Cc1ccccc1)N(O)C(=O)[C@H](Cc1ccccc1)NC(=O)OC(C)(C)C)C(=O)N[C@@H](Cc1ccccc1)C(=O)OC. The normalized spacial score (nSPS) is 14.1. The van der Waals surface area contributed by atoms with Gasteiger partial charge in [0.2, 0.25) is 5.91 Å². The van der Waals surface area contributed by atoms with Crippen LogP contribution in [-0.4, -0.2) is 83.4 Å². The number of methoxy groups -OCH3 is 1. The fraction of sp³-hybridized carbons (Fsp3) is 0.425. The molecule has 0 aromatic heterocycles. The van der Waals surface area contributed by atoms with Crippen LogP contribution < -0.4 is 16.0 Å². The zero-order valence-corrected chi connectivity index (χ0v) is 30.8. The van der Waals surface area contributed by atoms with Crippen molar-refractivity contribution in [1.29, 1.82) is 0 Å². The molecule has 3 amide bonds. The summed E-state index contributed by atoms with van der Waals surface area (Å²) in [5.41, 5.74) is 1.35. The van der Waals surface area contributed by atoms with Gasteiger partial charge in [0.15, 0.2) is 5.78 Å². The standard InChI is InChI=1S/C40H52N4O8/c1-7-27(2)35(36(46)42-32(38(48)51-6)24-29-19-13-9-14-20-29)41-26-34(45)33(25-30-21-15-10-16-22-30)44(50)37(47)31(23-28-17-11-8-12-18-28)43-39(49)52-40(3,4)5/h8-22,27,31-33,35,41,50H,7,23-26H2,1-6H3,(H,42,46)(H,43,49)/t27-,31-,32-,33-,35-/m0/s1. The number of alkyl carbamates (subject to hydrolysis) is 1. The first-order chi connectivity index (χ1) is 24.7. The molecule has 0 spiro atoms. The number of carbonyl (C=O) groups excluding carboxylic acids is 5. The van der Waals surface area contributed by atoms with Gasteiger partial charge in [-0.15, -0.1) is 0 Å². The molecule has 0 unspecified atom stereocenters. The van der Waals surface area contributed by atoms with Gasteiger partial charge < -0.3 is 20.1 Å². The number of rotatable bonds is 18. The van der Waals surface area contributed by atoms with Gasteiger partial charge >= 0.3 is 12.1 Å². The van der Waals surface area contributed by atoms with E-state index in [9.17, 15) is 29.2 Å². The lowest BCUT2D eigenvalue weighted by atomic mass is 9.96. The van der Waals surface area contributed by atoms with Crippen LogP contribution in [0.4, 0.5) is 4.79 Å². The highest BCUT2D eigenvalue weighted by atomic mass is 16.6. The van der Waals surface area contributed by atoms with Crippen molar-refractivity contribution in [3.63, 3.8) is 0 Å². The summed E-state index contributed by atoms with van der Waals surface area (Å²) in [5, 5.41) is 20.2. The molecule has 0 radical (unpaired) electrons. The van der Waals surface area contributed by atoms with Gasteiger partial charge in [-0.2, -0.15) is 0 Å². The topological polar surface area (TPSA) is 163 Å². The van der Waals surface area contributed by atoms with E-state index in [1.165, 1.54) is 7.11 Å². The lowest BCUT2D eigenvalue weighted by Gasteiger charge is -2.31. The maximum Gasteiger partial charge on any atom is 0.408 e. The number of ketones is 1. The second-order valence-electron chi connectivity index (χ2n) is 13.8. The van der Waals surface area contributed by atoms with Gasteiger partial charge in [0.1, 0.15) is 23.7 Å². The van der Waals surface area contributed by atoms with E-state index < -0.39 is 66.0 Å². The van der Waals surface area contributed by atoms with Gasteiger partial charge in [-0.25, -0.2) is 14.7 Å². The quantitative estimate of drug-likeness (QED) is 0.0848. The summed E-state index contributed by atoms with van der Waals surface area (Å²) in [4.78, 5) is 67.2. The molecular weight excluding hydrogens is 664 g/mol. The number of Topliss-reactive ketones (excluding diaryl/α,β-unsaturated/α-hetero) is 1. The lowest BCUT2D eigenvalue weighted by molar-refractivity contribution is -0.181. The van der Waals surface area contributed by atoms with Crippen LogP contribution in [0.15, 0.2) is 91.0 Å². The van der Waals surface area contributed by atoms with Gasteiger partial charge in [-0.1, -0.05) is 111 Å². The smallest absolute Gasteiger partial charge is 0.408 e. The first-order valence-electron chi connectivity index (χ1n) is 17.5. The largest absolute Gasteiger partial charge is 0.467 e. The van der Waals surface area contributed by atoms with Crippen LogP contribution in [0, 0.1) is 5.92 Å². The number of hydrogen-bond acceptors (Lipinski definition) is 9. The fourth-order valence-corrected chi connectivity index (χ4v) is 5.55. The van der Waals surface area contributed by atoms with Crippen molar-refractivity contribution >= 4 is 29.7 Å². The monoisotopic (exact) mass is 716 g/mol. The summed E-state index contributed by atoms with van der Waals surface area (Å²) in [5.74, 6) is -2.88. The highest BCUT2D eigenvalue weighted by molar-refractivity contribution is 5.93. The number of hydrogen-bond donors (Lipinski definition) is 4. The Labute approximate surface area is 306 Å². The molecule has 4 N–H and O–H groups in total. The van der Waals surface area contributed by atoms with E-state index >= 15 is 0 Å². The van der Waals surface area contributed by atoms with Crippen molar-refractivity contribution in [2.24, 2.45) is 5.92 Å². The van der Waals surface area contributed by atoms with Crippen LogP contribution in [0.1, 0.15) is 57.7 Å². The number of nitrogens with zero attached hydrogens (tertiary/aromatic N) is 1. The number of amides is 3. The molecule has 12 nitrogen and oxygen atoms in total. The van der Waals surface area contributed by atoms with E-state index in [-0.39, 0.29) is 25.2 Å². The second kappa shape index (κ2) is 20.1. The minimum atomic E-state index is -1.39. The summed E-state index contributed by atoms with van der Waals surface area (Å²) in [7, 11) is 1.25. The fourth-order valence-electron chi connectivity index (χ4n) is 5.55. The Morgan fingerprint density at radius 1 is 0.750 bits per heavy atom. The van der Waals surface area contributed by atoms with Crippen LogP contribution in [-0.2, 0) is 47.9 Å². The highest BCUT2D eigenvalue weighted by Crippen LogP contribution is 2.16. The van der Waals surface area contributed by atoms with E-state index in [2.05, 4.69) is 16.0 Å². The van der Waals surface area contributed by atoms with Gasteiger partial charge in [0.05, 0.1) is 19.7 Å². The predicted octanol–water partition coefficient (Wildman–Crippen LogP) is 4.43. The first-order valence-corrected chi connectivity index (χ1v) is 17.5. The average Bonchev–Trinajstić information content (AvgIpc) is 3.12. The average molecular weight is 717 g/mol. The molecule has 5 atom stereocenters. The molecular formula is C40H52N4O8. The number of nitrogens with one attached hydrogen (secondary N) is 3. The van der Waals surface area contributed by atoms with Gasteiger partial charge in [-0.05, 0) is 43.4 Å². The first kappa shape index (κ1) is 41.4. The molecule has 0 bridgehead atoms. The van der Waals surface area contributed by atoms with E-state index in [4.69, 9.17) is 9.47 Å². The van der Waals surface area contributed by atoms with E-state index in [1.54, 1.807) is 75.4 Å². The summed E-state index contributed by atoms with van der Waals surface area (Å²) < 4.78 is 10.4. The van der Waals surface area contributed by atoms with E-state index in [0.29, 0.717) is 22.6 Å². The Bertz CT molecular complexity index is 1600. The molecule has 0 saturated heterocycles. The molecule has 3 aromatic carbocycles. The van der Waals surface area contributed by atoms with Crippen LogP contribution in [0.3, 0.4) is 0 Å². The number of esters is 1. The van der Waals surface area contributed by atoms with Crippen molar-refractivity contribution in [2.75, 3.05) is 13.7 Å². The number of ether oxygens (including phenoxy) is 2. The van der Waals surface area contributed by atoms with Crippen LogP contribution in [0.2, 0.25) is 0 Å². The lowest BCUT2D eigenvalue weighted by Crippen LogP contribution is -2.57. The summed E-state index contributed by atoms with van der Waals surface area (Å²) >= 11 is 0. The maximum atomic E-state index is 14.0. The second-order valence-corrected chi connectivity index (χ2v) is 13.8. The Balaban J connectivity index is 1.86. The zero-order valence-electron chi connectivity index (χ0n) is 30.8. The Kier molecular flexibility index (Phi) is 16.0. The minimum absolute atomic E-state index is 0.0150. The molecule has 0 fully saturated rings. The van der Waals surface area contributed by atoms with Crippen LogP contribution in [0.5, 0.6) is 0 Å². The number of hydroxylamine groups is 2. The minimum Gasteiger partial charge on any atom is -0.467 e. The molecule has 280 valence electrons. The third kappa shape index (κ3) is 13.2. The molecule has 3 rings (SSSR count). The number of carbonyl (C=O) groups is 5. The van der Waals surface area contributed by atoms with E-state index in [1.807, 2.05) is 50.2 Å². The molecule has 0 heterocycles. The molecule has 0 aliphatic carbocycles. The Hall–Kier alpha value is -5.07. The van der Waals surface area contributed by atoms with Crippen molar-refractivity contribution < 1.29 is 38.7 Å². The van der Waals surface area contributed by atoms with Gasteiger partial charge in [0.25, 0.3) is 5.91 Å². The highest BCUT2D eigenvalue weighted by Gasteiger charge is 2.36. The molecule has 52 heavy (non-hydrogen) atoms. The van der Waals surface area contributed by atoms with Gasteiger partial charge in [-0.3, -0.25) is 24.9 Å². The zero-order chi connectivity index (χ0) is 38.3. The summed E-state index contributed by atoms with van der Waals surface area (Å²) in [6.45, 7) is 8.40. The van der Waals surface area contributed by atoms with Gasteiger partial charge in [0, 0.05) is 19.3 Å². The third-order valence-corrected chi connectivity index (χ3v) is 8.51. The third-order valence-electron chi connectivity index (χ3n) is 8.51. The predicted molar refractivity (Wildman–Crippen MR) is 196 cm³/mol. The molecule has 12 heteroatoms. The molecule has 3 aromatic rings. The van der Waals surface area contributed by atoms with E-state index in [0.717, 1.165) is 5.56 Å². The molecule has 0 aliphatic heterocycles. The number of benzene rings is 3. The van der Waals surface area contributed by atoms with Crippen molar-refractivity contribution in [3.05, 3.63) is 108 Å². The van der Waals surface area contributed by atoms with Crippen LogP contribution in [0.25, 0.3) is 0 Å². The molecule has 0 aliphatic rings. The maximum absolute atomic E-state index is 14.0. The van der Waals surface area contributed by atoms with Crippen LogP contribution >= 0.6 is 0 Å². The Morgan fingerprint density at radius 2 is 1.23 bits per heavy atom. The summed E-state index contributed by atoms with van der Waals surface area (Å²) in [6, 6.07) is 22.5.